The Kier molecular flexibility index (Phi) is 5.97. The molecule has 1 saturated heterocycles. The van der Waals surface area contributed by atoms with E-state index in [2.05, 4.69) is 0 Å². The van der Waals surface area contributed by atoms with Crippen molar-refractivity contribution in [3.63, 3.8) is 0 Å². The Morgan fingerprint density at radius 1 is 1.07 bits per heavy atom. The van der Waals surface area contributed by atoms with E-state index in [1.54, 1.807) is 29.6 Å². The fraction of sp³-hybridized carbons (Fsp3) is 0.381. The first-order valence-corrected chi connectivity index (χ1v) is 10.6. The van der Waals surface area contributed by atoms with Gasteiger partial charge in [-0.15, -0.1) is 0 Å². The van der Waals surface area contributed by atoms with Gasteiger partial charge in [-0.1, -0.05) is 37.1 Å². The van der Waals surface area contributed by atoms with Crippen LogP contribution in [0.15, 0.2) is 53.4 Å². The van der Waals surface area contributed by atoms with E-state index in [1.165, 1.54) is 13.0 Å². The second-order valence-electron chi connectivity index (χ2n) is 6.84. The average Bonchev–Trinajstić information content (AvgIpc) is 2.95. The zero-order chi connectivity index (χ0) is 19.4. The molecule has 2 aromatic rings. The Morgan fingerprint density at radius 2 is 1.81 bits per heavy atom. The van der Waals surface area contributed by atoms with Gasteiger partial charge in [0, 0.05) is 12.1 Å². The van der Waals surface area contributed by atoms with Crippen molar-refractivity contribution < 1.29 is 17.9 Å². The Hall–Kier alpha value is -2.18. The van der Waals surface area contributed by atoms with Crippen molar-refractivity contribution in [3.05, 3.63) is 59.7 Å². The van der Waals surface area contributed by atoms with Crippen molar-refractivity contribution in [2.24, 2.45) is 0 Å². The lowest BCUT2D eigenvalue weighted by molar-refractivity contribution is 0.101. The minimum atomic E-state index is -3.70. The Labute approximate surface area is 161 Å². The number of ketones is 1. The first kappa shape index (κ1) is 19.6. The second-order valence-corrected chi connectivity index (χ2v) is 8.73. The summed E-state index contributed by atoms with van der Waals surface area (Å²) in [5, 5.41) is 0. The maximum atomic E-state index is 13.4. The monoisotopic (exact) mass is 387 g/mol. The summed E-state index contributed by atoms with van der Waals surface area (Å²) >= 11 is 0. The summed E-state index contributed by atoms with van der Waals surface area (Å²) in [5.41, 5.74) is 1.37. The van der Waals surface area contributed by atoms with Gasteiger partial charge in [-0.3, -0.25) is 4.79 Å². The maximum Gasteiger partial charge on any atom is 0.243 e. The number of hydrogen-bond donors (Lipinski definition) is 0. The molecule has 2 aromatic carbocycles. The minimum Gasteiger partial charge on any atom is -0.497 e. The van der Waals surface area contributed by atoms with Crippen LogP contribution in [0.3, 0.4) is 0 Å². The third-order valence-electron chi connectivity index (χ3n) is 5.05. The molecule has 3 rings (SSSR count). The zero-order valence-electron chi connectivity index (χ0n) is 15.7. The number of ether oxygens (including phenoxy) is 1. The van der Waals surface area contributed by atoms with Crippen LogP contribution in [0.25, 0.3) is 0 Å². The molecule has 1 heterocycles. The van der Waals surface area contributed by atoms with Gasteiger partial charge in [0.1, 0.15) is 5.75 Å². The van der Waals surface area contributed by atoms with Crippen molar-refractivity contribution in [3.8, 4) is 5.75 Å². The molecule has 0 N–H and O–H groups in total. The minimum absolute atomic E-state index is 0.144. The van der Waals surface area contributed by atoms with Gasteiger partial charge in [0.2, 0.25) is 10.0 Å². The fourth-order valence-corrected chi connectivity index (χ4v) is 5.27. The molecule has 0 spiro atoms. The highest BCUT2D eigenvalue weighted by Crippen LogP contribution is 2.35. The van der Waals surface area contributed by atoms with Gasteiger partial charge in [0.25, 0.3) is 0 Å². The SMILES string of the molecule is COc1ccc([C@H]2CCCCCN2S(=O)(=O)c2cccc(C(C)=O)c2)cc1. The Balaban J connectivity index is 2.01. The number of benzene rings is 2. The molecule has 5 nitrogen and oxygen atoms in total. The molecule has 0 saturated carbocycles. The van der Waals surface area contributed by atoms with E-state index in [1.807, 2.05) is 24.3 Å². The summed E-state index contributed by atoms with van der Waals surface area (Å²) in [4.78, 5) is 11.9. The molecular weight excluding hydrogens is 362 g/mol. The normalized spacial score (nSPS) is 18.7. The topological polar surface area (TPSA) is 63.7 Å². The van der Waals surface area contributed by atoms with Gasteiger partial charge < -0.3 is 4.74 Å². The molecule has 1 atom stereocenters. The van der Waals surface area contributed by atoms with Crippen molar-refractivity contribution in [2.45, 2.75) is 43.5 Å². The number of carbonyl (C=O) groups is 1. The lowest BCUT2D eigenvalue weighted by atomic mass is 10.0. The van der Waals surface area contributed by atoms with Gasteiger partial charge >= 0.3 is 0 Å². The van der Waals surface area contributed by atoms with E-state index < -0.39 is 10.0 Å². The predicted octanol–water partition coefficient (Wildman–Crippen LogP) is 4.20. The van der Waals surface area contributed by atoms with Crippen LogP contribution in [0.4, 0.5) is 0 Å². The van der Waals surface area contributed by atoms with Crippen LogP contribution in [-0.4, -0.2) is 32.2 Å². The van der Waals surface area contributed by atoms with Crippen molar-refractivity contribution >= 4 is 15.8 Å². The fourth-order valence-electron chi connectivity index (χ4n) is 3.54. The molecule has 0 radical (unpaired) electrons. The van der Waals surface area contributed by atoms with Crippen LogP contribution in [-0.2, 0) is 10.0 Å². The highest BCUT2D eigenvalue weighted by atomic mass is 32.2. The number of methoxy groups -OCH3 is 1. The van der Waals surface area contributed by atoms with Gasteiger partial charge in [-0.25, -0.2) is 8.42 Å². The van der Waals surface area contributed by atoms with E-state index in [0.29, 0.717) is 12.1 Å². The number of nitrogens with zero attached hydrogens (tertiary/aromatic N) is 1. The summed E-state index contributed by atoms with van der Waals surface area (Å²) in [7, 11) is -2.09. The average molecular weight is 388 g/mol. The molecule has 0 amide bonds. The molecule has 1 fully saturated rings. The largest absolute Gasteiger partial charge is 0.497 e. The van der Waals surface area contributed by atoms with E-state index in [-0.39, 0.29) is 16.7 Å². The molecule has 6 heteroatoms. The standard InChI is InChI=1S/C21H25NO4S/c1-16(23)18-7-6-8-20(15-18)27(24,25)22-14-5-3-4-9-21(22)17-10-12-19(26-2)13-11-17/h6-8,10-13,15,21H,3-5,9,14H2,1-2H3/t21-/m1/s1. The molecule has 0 unspecified atom stereocenters. The van der Waals surface area contributed by atoms with E-state index in [0.717, 1.165) is 37.0 Å². The van der Waals surface area contributed by atoms with Crippen LogP contribution < -0.4 is 4.74 Å². The van der Waals surface area contributed by atoms with E-state index in [4.69, 9.17) is 4.74 Å². The van der Waals surface area contributed by atoms with Crippen LogP contribution in [0.5, 0.6) is 5.75 Å². The first-order chi connectivity index (χ1) is 12.9. The van der Waals surface area contributed by atoms with Crippen LogP contribution in [0.1, 0.15) is 54.6 Å². The summed E-state index contributed by atoms with van der Waals surface area (Å²) in [6.07, 6.45) is 3.60. The van der Waals surface area contributed by atoms with Gasteiger partial charge in [-0.05, 0) is 49.6 Å². The summed E-state index contributed by atoms with van der Waals surface area (Å²) in [5.74, 6) is 0.602. The zero-order valence-corrected chi connectivity index (χ0v) is 16.5. The quantitative estimate of drug-likeness (QED) is 0.721. The number of sulfonamides is 1. The third kappa shape index (κ3) is 4.22. The van der Waals surface area contributed by atoms with Gasteiger partial charge in [-0.2, -0.15) is 4.31 Å². The highest BCUT2D eigenvalue weighted by molar-refractivity contribution is 7.89. The van der Waals surface area contributed by atoms with E-state index >= 15 is 0 Å². The lowest BCUT2D eigenvalue weighted by Crippen LogP contribution is -2.35. The lowest BCUT2D eigenvalue weighted by Gasteiger charge is -2.29. The number of carbonyl (C=O) groups excluding carboxylic acids is 1. The third-order valence-corrected chi connectivity index (χ3v) is 6.96. The molecular formula is C21H25NO4S. The second kappa shape index (κ2) is 8.23. The molecule has 1 aliphatic rings. The molecule has 0 aromatic heterocycles. The molecule has 144 valence electrons. The van der Waals surface area contributed by atoms with Crippen molar-refractivity contribution in [1.29, 1.82) is 0 Å². The van der Waals surface area contributed by atoms with E-state index in [9.17, 15) is 13.2 Å². The molecule has 27 heavy (non-hydrogen) atoms. The van der Waals surface area contributed by atoms with Crippen LogP contribution >= 0.6 is 0 Å². The maximum absolute atomic E-state index is 13.4. The first-order valence-electron chi connectivity index (χ1n) is 9.20. The highest BCUT2D eigenvalue weighted by Gasteiger charge is 2.33. The van der Waals surface area contributed by atoms with Crippen molar-refractivity contribution in [2.75, 3.05) is 13.7 Å². The number of hydrogen-bond acceptors (Lipinski definition) is 4. The van der Waals surface area contributed by atoms with Crippen LogP contribution in [0, 0.1) is 0 Å². The molecule has 0 aliphatic carbocycles. The number of rotatable bonds is 5. The Morgan fingerprint density at radius 3 is 2.48 bits per heavy atom. The smallest absolute Gasteiger partial charge is 0.243 e. The van der Waals surface area contributed by atoms with Gasteiger partial charge in [0.15, 0.2) is 5.78 Å². The summed E-state index contributed by atoms with van der Waals surface area (Å²) in [6, 6.07) is 13.7. The molecule has 0 bridgehead atoms. The van der Waals surface area contributed by atoms with Crippen LogP contribution in [0.2, 0.25) is 0 Å². The molecule has 1 aliphatic heterocycles. The Bertz CT molecular complexity index is 906. The summed E-state index contributed by atoms with van der Waals surface area (Å²) < 4.78 is 33.6. The van der Waals surface area contributed by atoms with Gasteiger partial charge in [0.05, 0.1) is 18.0 Å². The predicted molar refractivity (Wildman–Crippen MR) is 105 cm³/mol. The van der Waals surface area contributed by atoms with Crippen molar-refractivity contribution in [1.82, 2.24) is 4.31 Å². The number of Topliss-reactive ketones (excluding diaryl/α,β-unsaturated/α-hetero) is 1. The summed E-state index contributed by atoms with van der Waals surface area (Å²) in [6.45, 7) is 1.92.